The van der Waals surface area contributed by atoms with Gasteiger partial charge in [-0.05, 0) is 54.6 Å². The van der Waals surface area contributed by atoms with Gasteiger partial charge in [-0.15, -0.1) is 34.0 Å². The van der Waals surface area contributed by atoms with Crippen LogP contribution in [0.25, 0.3) is 33.3 Å². The zero-order chi connectivity index (χ0) is 51.1. The number of aliphatic hydroxyl groups is 1. The van der Waals surface area contributed by atoms with E-state index in [-0.39, 0.29) is 24.7 Å². The molecule has 25 heteroatoms. The zero-order valence-electron chi connectivity index (χ0n) is 38.9. The summed E-state index contributed by atoms with van der Waals surface area (Å²) < 4.78 is 0. The summed E-state index contributed by atoms with van der Waals surface area (Å²) in [4.78, 5) is 56.8. The first kappa shape index (κ1) is 50.4. The normalized spacial score (nSPS) is 13.6. The van der Waals surface area contributed by atoms with Crippen LogP contribution in [0.1, 0.15) is 38.8 Å². The number of carbonyl (C=O) groups is 3. The number of aromatic nitrogens is 9. The fourth-order valence-corrected chi connectivity index (χ4v) is 10.9. The van der Waals surface area contributed by atoms with Crippen LogP contribution in [0.3, 0.4) is 0 Å². The Balaban J connectivity index is 0.000000127. The number of anilines is 3. The van der Waals surface area contributed by atoms with Crippen molar-refractivity contribution in [2.24, 2.45) is 0 Å². The number of aromatic amines is 3. The van der Waals surface area contributed by atoms with Crippen molar-refractivity contribution in [3.8, 4) is 33.3 Å². The molecule has 0 unspecified atom stereocenters. The maximum atomic E-state index is 12.6. The lowest BCUT2D eigenvalue weighted by atomic mass is 10.0. The van der Waals surface area contributed by atoms with E-state index < -0.39 is 0 Å². The molecule has 0 spiro atoms. The Bertz CT molecular complexity index is 3270. The molecule has 378 valence electrons. The predicted octanol–water partition coefficient (Wildman–Crippen LogP) is 10.8. The standard InChI is InChI=1S/C17H16ClN5O2S.2C16H14ClN5OS/c18-10-2-1-3-11(6-10)19-17(25)23-5-4-13-12(7-23)16(22-21-13)14-9-26-15(8-24)20-14;17-10-2-1-3-11(6-10)19-16(23)22-5-4-13-12(8-22)15(21-20-13)14-7-18-9-24-14;17-10-2-1-3-11(6-10)19-16(23)22-5-4-13-12(7-22)15(21-20-13)14-8-24-9-18-14/h1-3,6,9,24H,4-5,7-8H2,(H,19,25)(H,21,22);1-3,6-7,9H,4-5,8H2,(H,19,23)(H,20,21);1-3,6,8-9H,4-5,7H2,(H,19,23)(H,20,21). The van der Waals surface area contributed by atoms with Crippen LogP contribution in [-0.4, -0.2) is 103 Å². The molecule has 0 saturated carbocycles. The molecule has 0 aliphatic carbocycles. The average molecular weight is 1110 g/mol. The Hall–Kier alpha value is -7.18. The van der Waals surface area contributed by atoms with Crippen molar-refractivity contribution in [2.45, 2.75) is 45.5 Å². The van der Waals surface area contributed by atoms with Crippen molar-refractivity contribution in [3.63, 3.8) is 0 Å². The lowest BCUT2D eigenvalue weighted by Gasteiger charge is -2.27. The molecular formula is C49H44Cl3N15O4S3. The Morgan fingerprint density at radius 2 is 1.05 bits per heavy atom. The molecule has 0 atom stereocenters. The number of halogens is 3. The minimum atomic E-state index is -0.181. The van der Waals surface area contributed by atoms with E-state index in [1.54, 1.807) is 80.4 Å². The Kier molecular flexibility index (Phi) is 15.6. The monoisotopic (exact) mass is 1110 g/mol. The van der Waals surface area contributed by atoms with Crippen LogP contribution >= 0.6 is 68.8 Å². The summed E-state index contributed by atoms with van der Waals surface area (Å²) in [6.07, 6.45) is 3.99. The van der Waals surface area contributed by atoms with Gasteiger partial charge in [0.15, 0.2) is 0 Å². The van der Waals surface area contributed by atoms with Crippen molar-refractivity contribution in [1.82, 2.24) is 60.2 Å². The number of aliphatic hydroxyl groups excluding tert-OH is 1. The molecule has 3 aliphatic rings. The second-order valence-corrected chi connectivity index (χ2v) is 20.8. The van der Waals surface area contributed by atoms with Crippen LogP contribution < -0.4 is 16.0 Å². The lowest BCUT2D eigenvalue weighted by molar-refractivity contribution is 0.205. The highest BCUT2D eigenvalue weighted by molar-refractivity contribution is 7.13. The first-order valence-corrected chi connectivity index (χ1v) is 26.8. The number of benzene rings is 3. The molecule has 74 heavy (non-hydrogen) atoms. The minimum absolute atomic E-state index is 0.0918. The molecule has 9 heterocycles. The number of amides is 6. The van der Waals surface area contributed by atoms with Gasteiger partial charge in [0.05, 0.1) is 42.1 Å². The highest BCUT2D eigenvalue weighted by Gasteiger charge is 2.29. The van der Waals surface area contributed by atoms with Crippen LogP contribution in [0.2, 0.25) is 15.1 Å². The van der Waals surface area contributed by atoms with Gasteiger partial charge in [-0.3, -0.25) is 20.3 Å². The van der Waals surface area contributed by atoms with Crippen molar-refractivity contribution in [3.05, 3.63) is 155 Å². The van der Waals surface area contributed by atoms with E-state index in [4.69, 9.17) is 34.8 Å². The van der Waals surface area contributed by atoms with E-state index in [0.717, 1.165) is 74.3 Å². The molecule has 9 aromatic rings. The molecule has 0 saturated heterocycles. The molecule has 12 rings (SSSR count). The third-order valence-corrected chi connectivity index (χ3v) is 15.1. The van der Waals surface area contributed by atoms with Crippen LogP contribution in [0.4, 0.5) is 31.4 Å². The zero-order valence-corrected chi connectivity index (χ0v) is 43.7. The number of thiazole rings is 3. The summed E-state index contributed by atoms with van der Waals surface area (Å²) in [6.45, 7) is 3.25. The van der Waals surface area contributed by atoms with Gasteiger partial charge in [-0.2, -0.15) is 15.3 Å². The van der Waals surface area contributed by atoms with Gasteiger partial charge < -0.3 is 35.8 Å². The van der Waals surface area contributed by atoms with Crippen molar-refractivity contribution < 1.29 is 19.5 Å². The highest BCUT2D eigenvalue weighted by Crippen LogP contribution is 2.33. The average Bonchev–Trinajstić information content (AvgIpc) is 4.28. The van der Waals surface area contributed by atoms with Gasteiger partial charge >= 0.3 is 18.1 Å². The molecule has 6 amide bonds. The molecule has 0 radical (unpaired) electrons. The van der Waals surface area contributed by atoms with Crippen molar-refractivity contribution in [1.29, 1.82) is 0 Å². The van der Waals surface area contributed by atoms with Gasteiger partial charge in [0, 0.05) is 122 Å². The summed E-state index contributed by atoms with van der Waals surface area (Å²) in [5.41, 5.74) is 15.8. The molecule has 0 bridgehead atoms. The predicted molar refractivity (Wildman–Crippen MR) is 289 cm³/mol. The van der Waals surface area contributed by atoms with Crippen molar-refractivity contribution >= 4 is 104 Å². The largest absolute Gasteiger partial charge is 0.389 e. The van der Waals surface area contributed by atoms with E-state index in [1.165, 1.54) is 34.0 Å². The van der Waals surface area contributed by atoms with E-state index in [9.17, 15) is 19.5 Å². The van der Waals surface area contributed by atoms with Crippen LogP contribution in [0.5, 0.6) is 0 Å². The smallest absolute Gasteiger partial charge is 0.322 e. The molecule has 0 fully saturated rings. The first-order chi connectivity index (χ1) is 36.0. The van der Waals surface area contributed by atoms with E-state index in [1.807, 2.05) is 35.0 Å². The number of nitrogens with one attached hydrogen (secondary N) is 6. The van der Waals surface area contributed by atoms with Gasteiger partial charge in [0.2, 0.25) is 0 Å². The summed E-state index contributed by atoms with van der Waals surface area (Å²) in [5, 5.41) is 46.4. The highest BCUT2D eigenvalue weighted by atomic mass is 35.5. The second kappa shape index (κ2) is 22.9. The number of nitrogens with zero attached hydrogens (tertiary/aromatic N) is 9. The van der Waals surface area contributed by atoms with Crippen LogP contribution in [-0.2, 0) is 45.5 Å². The topological polar surface area (TPSA) is 242 Å². The second-order valence-electron chi connectivity index (χ2n) is 16.9. The van der Waals surface area contributed by atoms with E-state index >= 15 is 0 Å². The maximum Gasteiger partial charge on any atom is 0.322 e. The van der Waals surface area contributed by atoms with Gasteiger partial charge in [0.25, 0.3) is 0 Å². The third-order valence-electron chi connectivity index (χ3n) is 12.2. The number of fused-ring (bicyclic) bond motifs is 3. The fourth-order valence-electron chi connectivity index (χ4n) is 8.49. The number of carbonyl (C=O) groups excluding carboxylic acids is 3. The van der Waals surface area contributed by atoms with Crippen LogP contribution in [0.15, 0.2) is 101 Å². The Morgan fingerprint density at radius 3 is 1.46 bits per heavy atom. The maximum absolute atomic E-state index is 12.6. The number of H-pyrrole nitrogens is 3. The lowest BCUT2D eigenvalue weighted by Crippen LogP contribution is -2.38. The molecular weight excluding hydrogens is 1070 g/mol. The Morgan fingerprint density at radius 1 is 0.595 bits per heavy atom. The van der Waals surface area contributed by atoms with E-state index in [0.29, 0.717) is 88.5 Å². The van der Waals surface area contributed by atoms with Crippen LogP contribution in [0, 0.1) is 0 Å². The molecule has 3 aliphatic heterocycles. The minimum Gasteiger partial charge on any atom is -0.389 e. The molecule has 7 N–H and O–H groups in total. The number of hydrogen-bond donors (Lipinski definition) is 7. The number of urea groups is 3. The van der Waals surface area contributed by atoms with Gasteiger partial charge in [-0.1, -0.05) is 53.0 Å². The Labute approximate surface area is 450 Å². The fraction of sp³-hybridized carbons (Fsp3) is 0.204. The first-order valence-electron chi connectivity index (χ1n) is 23.0. The van der Waals surface area contributed by atoms with Gasteiger partial charge in [-0.25, -0.2) is 24.4 Å². The molecule has 6 aromatic heterocycles. The molecule has 3 aromatic carbocycles. The third kappa shape index (κ3) is 11.8. The SMILES string of the molecule is O=C(Nc1cccc(Cl)c1)N1CCc2[nH]nc(-c3cncs3)c2C1.O=C(Nc1cccc(Cl)c1)N1CCc2[nH]nc(-c3csc(CO)n3)c2C1.O=C(Nc1cccc(Cl)c1)N1CCc2[nH]nc(-c3cscn3)c2C1. The number of hydrogen-bond acceptors (Lipinski definition) is 13. The summed E-state index contributed by atoms with van der Waals surface area (Å²) in [7, 11) is 0. The number of rotatable bonds is 7. The van der Waals surface area contributed by atoms with Crippen molar-refractivity contribution in [2.75, 3.05) is 35.6 Å². The van der Waals surface area contributed by atoms with Gasteiger partial charge in [0.1, 0.15) is 33.5 Å². The summed E-state index contributed by atoms with van der Waals surface area (Å²) in [6, 6.07) is 20.9. The summed E-state index contributed by atoms with van der Waals surface area (Å²) in [5.74, 6) is 0. The van der Waals surface area contributed by atoms with E-state index in [2.05, 4.69) is 61.5 Å². The summed E-state index contributed by atoms with van der Waals surface area (Å²) >= 11 is 22.3. The quantitative estimate of drug-likeness (QED) is 0.0796. The molecule has 19 nitrogen and oxygen atoms in total.